The van der Waals surface area contributed by atoms with Crippen LogP contribution in [0.4, 0.5) is 0 Å². The smallest absolute Gasteiger partial charge is 0.142 e. The Bertz CT molecular complexity index is 384. The highest BCUT2D eigenvalue weighted by molar-refractivity contribution is 5.30. The molecule has 0 saturated carbocycles. The Morgan fingerprint density at radius 3 is 3.06 bits per heavy atom. The van der Waals surface area contributed by atoms with Gasteiger partial charge in [-0.2, -0.15) is 0 Å². The van der Waals surface area contributed by atoms with Crippen molar-refractivity contribution in [1.29, 1.82) is 0 Å². The molecular weight excluding hydrogens is 228 g/mol. The maximum absolute atomic E-state index is 5.88. The first-order valence-electron chi connectivity index (χ1n) is 6.61. The molecule has 0 bridgehead atoms. The number of aromatic nitrogens is 1. The first-order valence-corrected chi connectivity index (χ1v) is 6.61. The predicted octanol–water partition coefficient (Wildman–Crippen LogP) is 2.17. The van der Waals surface area contributed by atoms with E-state index in [0.717, 1.165) is 31.0 Å². The van der Waals surface area contributed by atoms with E-state index in [1.54, 1.807) is 7.11 Å². The molecule has 4 nitrogen and oxygen atoms in total. The van der Waals surface area contributed by atoms with Crippen molar-refractivity contribution in [2.45, 2.75) is 32.4 Å². The van der Waals surface area contributed by atoms with E-state index in [9.17, 15) is 0 Å². The Labute approximate surface area is 109 Å². The zero-order valence-electron chi connectivity index (χ0n) is 11.3. The molecule has 100 valence electrons. The van der Waals surface area contributed by atoms with E-state index in [-0.39, 0.29) is 12.1 Å². The molecule has 0 amide bonds. The average molecular weight is 250 g/mol. The molecule has 1 saturated heterocycles. The summed E-state index contributed by atoms with van der Waals surface area (Å²) in [6.45, 7) is 6.05. The Morgan fingerprint density at radius 2 is 2.44 bits per heavy atom. The van der Waals surface area contributed by atoms with Crippen LogP contribution in [-0.4, -0.2) is 31.3 Å². The van der Waals surface area contributed by atoms with Crippen LogP contribution in [0.1, 0.15) is 32.0 Å². The fourth-order valence-electron chi connectivity index (χ4n) is 2.54. The lowest BCUT2D eigenvalue weighted by molar-refractivity contribution is 0.0591. The second-order valence-corrected chi connectivity index (χ2v) is 4.73. The molecule has 0 radical (unpaired) electrons. The van der Waals surface area contributed by atoms with Crippen LogP contribution in [0.3, 0.4) is 0 Å². The molecule has 2 heterocycles. The number of hydrogen-bond acceptors (Lipinski definition) is 4. The molecule has 1 aromatic heterocycles. The van der Waals surface area contributed by atoms with E-state index < -0.39 is 0 Å². The summed E-state index contributed by atoms with van der Waals surface area (Å²) in [6.07, 6.45) is 3.09. The van der Waals surface area contributed by atoms with Crippen LogP contribution in [0.2, 0.25) is 0 Å². The molecule has 1 N–H and O–H groups in total. The molecule has 1 fully saturated rings. The summed E-state index contributed by atoms with van der Waals surface area (Å²) >= 11 is 0. The number of nitrogens with zero attached hydrogens (tertiary/aromatic N) is 1. The Kier molecular flexibility index (Phi) is 4.55. The Hall–Kier alpha value is -1.13. The Balaban J connectivity index is 2.28. The molecule has 1 aromatic rings. The van der Waals surface area contributed by atoms with Gasteiger partial charge in [-0.05, 0) is 31.0 Å². The van der Waals surface area contributed by atoms with Crippen LogP contribution >= 0.6 is 0 Å². The topological polar surface area (TPSA) is 43.4 Å². The third-order valence-corrected chi connectivity index (χ3v) is 3.51. The molecule has 1 aliphatic heterocycles. The lowest BCUT2D eigenvalue weighted by atomic mass is 9.94. The highest BCUT2D eigenvalue weighted by Crippen LogP contribution is 2.33. The molecule has 1 aliphatic rings. The lowest BCUT2D eigenvalue weighted by Crippen LogP contribution is -2.35. The summed E-state index contributed by atoms with van der Waals surface area (Å²) < 4.78 is 11.3. The fraction of sp³-hybridized carbons (Fsp3) is 0.643. The van der Waals surface area contributed by atoms with Crippen molar-refractivity contribution >= 4 is 0 Å². The van der Waals surface area contributed by atoms with Crippen molar-refractivity contribution in [3.8, 4) is 5.75 Å². The van der Waals surface area contributed by atoms with Crippen molar-refractivity contribution in [3.05, 3.63) is 24.0 Å². The van der Waals surface area contributed by atoms with Gasteiger partial charge in [-0.1, -0.05) is 13.8 Å². The molecule has 0 spiro atoms. The largest absolute Gasteiger partial charge is 0.495 e. The number of nitrogens with one attached hydrogen (secondary N) is 1. The van der Waals surface area contributed by atoms with Crippen molar-refractivity contribution in [1.82, 2.24) is 10.3 Å². The van der Waals surface area contributed by atoms with Gasteiger partial charge in [0.15, 0.2) is 0 Å². The van der Waals surface area contributed by atoms with Crippen molar-refractivity contribution in [3.63, 3.8) is 0 Å². The quantitative estimate of drug-likeness (QED) is 0.869. The number of hydrogen-bond donors (Lipinski definition) is 1. The summed E-state index contributed by atoms with van der Waals surface area (Å²) in [5.74, 6) is 1.37. The molecule has 3 unspecified atom stereocenters. The maximum atomic E-state index is 5.88. The first-order chi connectivity index (χ1) is 8.77. The lowest BCUT2D eigenvalue weighted by Gasteiger charge is -2.27. The number of methoxy groups -OCH3 is 1. The van der Waals surface area contributed by atoms with Crippen LogP contribution in [0.15, 0.2) is 18.3 Å². The molecule has 0 aromatic carbocycles. The van der Waals surface area contributed by atoms with E-state index in [4.69, 9.17) is 9.47 Å². The van der Waals surface area contributed by atoms with Gasteiger partial charge in [-0.15, -0.1) is 0 Å². The van der Waals surface area contributed by atoms with Crippen LogP contribution in [0.5, 0.6) is 5.75 Å². The average Bonchev–Trinajstić information content (AvgIpc) is 2.82. The number of likely N-dealkylation sites (N-methyl/N-ethyl adjacent to an activating group) is 1. The monoisotopic (exact) mass is 250 g/mol. The summed E-state index contributed by atoms with van der Waals surface area (Å²) in [5.41, 5.74) is 0.945. The van der Waals surface area contributed by atoms with Crippen LogP contribution in [-0.2, 0) is 4.74 Å². The first kappa shape index (κ1) is 13.3. The van der Waals surface area contributed by atoms with Crippen LogP contribution in [0, 0.1) is 5.92 Å². The molecule has 3 atom stereocenters. The van der Waals surface area contributed by atoms with E-state index in [1.807, 2.05) is 18.3 Å². The van der Waals surface area contributed by atoms with Gasteiger partial charge in [0.1, 0.15) is 11.4 Å². The van der Waals surface area contributed by atoms with Crippen LogP contribution in [0.25, 0.3) is 0 Å². The third-order valence-electron chi connectivity index (χ3n) is 3.51. The van der Waals surface area contributed by atoms with Gasteiger partial charge in [0.25, 0.3) is 0 Å². The minimum absolute atomic E-state index is 0.101. The van der Waals surface area contributed by atoms with E-state index in [2.05, 4.69) is 24.1 Å². The molecule has 18 heavy (non-hydrogen) atoms. The predicted molar refractivity (Wildman–Crippen MR) is 70.7 cm³/mol. The van der Waals surface area contributed by atoms with Gasteiger partial charge < -0.3 is 14.8 Å². The standard InChI is InChI=1S/C14H22N2O2/c1-4-15-13(14-10(2)7-9-18-14)12-11(17-3)6-5-8-16-12/h5-6,8,10,13-15H,4,7,9H2,1-3H3. The molecule has 2 rings (SSSR count). The van der Waals surface area contributed by atoms with Crippen molar-refractivity contribution < 1.29 is 9.47 Å². The number of ether oxygens (including phenoxy) is 2. The number of pyridine rings is 1. The van der Waals surface area contributed by atoms with Crippen molar-refractivity contribution in [2.24, 2.45) is 5.92 Å². The maximum Gasteiger partial charge on any atom is 0.142 e. The number of rotatable bonds is 5. The van der Waals surface area contributed by atoms with Gasteiger partial charge in [0, 0.05) is 12.8 Å². The second-order valence-electron chi connectivity index (χ2n) is 4.73. The molecule has 4 heteroatoms. The molecule has 0 aliphatic carbocycles. The van der Waals surface area contributed by atoms with Gasteiger partial charge in [-0.25, -0.2) is 0 Å². The summed E-state index contributed by atoms with van der Waals surface area (Å²) in [5, 5.41) is 3.48. The highest BCUT2D eigenvalue weighted by Gasteiger charge is 2.34. The summed E-state index contributed by atoms with van der Waals surface area (Å²) in [6, 6.07) is 3.94. The van der Waals surface area contributed by atoms with Crippen molar-refractivity contribution in [2.75, 3.05) is 20.3 Å². The fourth-order valence-corrected chi connectivity index (χ4v) is 2.54. The minimum Gasteiger partial charge on any atom is -0.495 e. The third kappa shape index (κ3) is 2.65. The van der Waals surface area contributed by atoms with E-state index in [0.29, 0.717) is 5.92 Å². The second kappa shape index (κ2) is 6.16. The minimum atomic E-state index is 0.101. The normalized spacial score (nSPS) is 25.1. The summed E-state index contributed by atoms with van der Waals surface area (Å²) in [4.78, 5) is 4.48. The van der Waals surface area contributed by atoms with Crippen LogP contribution < -0.4 is 10.1 Å². The van der Waals surface area contributed by atoms with Gasteiger partial charge in [0.05, 0.1) is 19.3 Å². The van der Waals surface area contributed by atoms with Gasteiger partial charge in [-0.3, -0.25) is 4.98 Å². The van der Waals surface area contributed by atoms with Gasteiger partial charge >= 0.3 is 0 Å². The SMILES string of the molecule is CCNC(c1ncccc1OC)C1OCCC1C. The van der Waals surface area contributed by atoms with Gasteiger partial charge in [0.2, 0.25) is 0 Å². The highest BCUT2D eigenvalue weighted by atomic mass is 16.5. The Morgan fingerprint density at radius 1 is 1.61 bits per heavy atom. The van der Waals surface area contributed by atoms with E-state index >= 15 is 0 Å². The van der Waals surface area contributed by atoms with E-state index in [1.165, 1.54) is 0 Å². The summed E-state index contributed by atoms with van der Waals surface area (Å²) in [7, 11) is 1.68. The molecular formula is C14H22N2O2. The zero-order chi connectivity index (χ0) is 13.0. The zero-order valence-corrected chi connectivity index (χ0v) is 11.3.